The molecule has 0 aromatic heterocycles. The number of nitrogens with zero attached hydrogens (tertiary/aromatic N) is 1. The Bertz CT molecular complexity index is 534. The van der Waals surface area contributed by atoms with Crippen LogP contribution in [0.4, 0.5) is 5.69 Å². The van der Waals surface area contributed by atoms with Gasteiger partial charge >= 0.3 is 0 Å². The van der Waals surface area contributed by atoms with Gasteiger partial charge in [0.25, 0.3) is 0 Å². The molecular weight excluding hydrogens is 246 g/mol. The monoisotopic (exact) mass is 271 g/mol. The van der Waals surface area contributed by atoms with E-state index in [1.807, 2.05) is 0 Å². The molecule has 3 atom stereocenters. The number of benzene rings is 1. The van der Waals surface area contributed by atoms with Crippen molar-refractivity contribution in [2.75, 3.05) is 4.90 Å². The van der Waals surface area contributed by atoms with Crippen molar-refractivity contribution in [3.8, 4) is 0 Å². The second-order valence-corrected chi connectivity index (χ2v) is 7.22. The van der Waals surface area contributed by atoms with Crippen LogP contribution < -0.4 is 4.90 Å². The molecule has 0 radical (unpaired) electrons. The molecule has 0 N–H and O–H groups in total. The van der Waals surface area contributed by atoms with E-state index >= 15 is 0 Å². The lowest BCUT2D eigenvalue weighted by Crippen LogP contribution is -2.56. The average Bonchev–Trinajstić information content (AvgIpc) is 2.38. The number of fused-ring (bicyclic) bond motifs is 2. The van der Waals surface area contributed by atoms with Crippen molar-refractivity contribution in [3.05, 3.63) is 29.8 Å². The molecule has 0 unspecified atom stereocenters. The van der Waals surface area contributed by atoms with Gasteiger partial charge in [-0.1, -0.05) is 45.4 Å². The molecule has 1 aromatic carbocycles. The minimum absolute atomic E-state index is 0.160. The van der Waals surface area contributed by atoms with Crippen molar-refractivity contribution in [2.24, 2.45) is 11.8 Å². The van der Waals surface area contributed by atoms with Crippen molar-refractivity contribution >= 4 is 11.6 Å². The van der Waals surface area contributed by atoms with Crippen molar-refractivity contribution in [1.82, 2.24) is 0 Å². The summed E-state index contributed by atoms with van der Waals surface area (Å²) in [6.45, 7) is 8.75. The molecule has 108 valence electrons. The van der Waals surface area contributed by atoms with Gasteiger partial charge < -0.3 is 4.90 Å². The van der Waals surface area contributed by atoms with Gasteiger partial charge in [-0.15, -0.1) is 0 Å². The normalized spacial score (nSPS) is 31.4. The summed E-state index contributed by atoms with van der Waals surface area (Å²) < 4.78 is 0. The first kappa shape index (κ1) is 13.7. The number of rotatable bonds is 0. The summed E-state index contributed by atoms with van der Waals surface area (Å²) in [7, 11) is 0. The summed E-state index contributed by atoms with van der Waals surface area (Å²) in [5, 5.41) is 0. The molecule has 1 aliphatic heterocycles. The lowest BCUT2D eigenvalue weighted by Gasteiger charge is -2.53. The highest BCUT2D eigenvalue weighted by atomic mass is 16.2. The summed E-state index contributed by atoms with van der Waals surface area (Å²) in [5.41, 5.74) is 2.64. The van der Waals surface area contributed by atoms with Gasteiger partial charge in [0.1, 0.15) is 0 Å². The molecule has 20 heavy (non-hydrogen) atoms. The molecule has 0 saturated heterocycles. The van der Waals surface area contributed by atoms with Crippen LogP contribution in [0.5, 0.6) is 0 Å². The maximum atomic E-state index is 12.3. The lowest BCUT2D eigenvalue weighted by atomic mass is 9.60. The van der Waals surface area contributed by atoms with Gasteiger partial charge in [0, 0.05) is 18.7 Å². The van der Waals surface area contributed by atoms with Gasteiger partial charge in [-0.3, -0.25) is 4.79 Å². The molecule has 1 amide bonds. The van der Waals surface area contributed by atoms with Gasteiger partial charge in [-0.2, -0.15) is 0 Å². The maximum absolute atomic E-state index is 12.3. The summed E-state index contributed by atoms with van der Waals surface area (Å²) in [4.78, 5) is 14.3. The van der Waals surface area contributed by atoms with E-state index in [1.54, 1.807) is 6.92 Å². The van der Waals surface area contributed by atoms with Crippen molar-refractivity contribution in [2.45, 2.75) is 58.4 Å². The maximum Gasteiger partial charge on any atom is 0.224 e. The summed E-state index contributed by atoms with van der Waals surface area (Å²) in [6, 6.07) is 8.86. The lowest BCUT2D eigenvalue weighted by molar-refractivity contribution is -0.117. The van der Waals surface area contributed by atoms with Crippen molar-refractivity contribution < 1.29 is 4.79 Å². The molecule has 1 saturated carbocycles. The number of amides is 1. The van der Waals surface area contributed by atoms with Crippen LogP contribution in [-0.4, -0.2) is 11.9 Å². The number of anilines is 1. The topological polar surface area (TPSA) is 20.3 Å². The van der Waals surface area contributed by atoms with Crippen LogP contribution in [0.25, 0.3) is 0 Å². The predicted octanol–water partition coefficient (Wildman–Crippen LogP) is 4.14. The zero-order valence-corrected chi connectivity index (χ0v) is 13.0. The quantitative estimate of drug-likeness (QED) is 0.694. The highest BCUT2D eigenvalue weighted by Crippen LogP contribution is 2.51. The van der Waals surface area contributed by atoms with E-state index in [1.165, 1.54) is 18.4 Å². The summed E-state index contributed by atoms with van der Waals surface area (Å²) >= 11 is 0. The van der Waals surface area contributed by atoms with Crippen LogP contribution in [0.1, 0.15) is 52.5 Å². The van der Waals surface area contributed by atoms with E-state index in [2.05, 4.69) is 49.9 Å². The molecule has 3 rings (SSSR count). The summed E-state index contributed by atoms with van der Waals surface area (Å²) in [6.07, 6.45) is 3.66. The first-order valence-corrected chi connectivity index (χ1v) is 7.82. The fraction of sp³-hybridized carbons (Fsp3) is 0.611. The average molecular weight is 271 g/mol. The predicted molar refractivity (Wildman–Crippen MR) is 82.9 cm³/mol. The first-order chi connectivity index (χ1) is 9.43. The van der Waals surface area contributed by atoms with Gasteiger partial charge in [0.2, 0.25) is 5.91 Å². The SMILES string of the molecule is CC(=O)N1c2ccccc2C(C)(C)[C@H]2CC[C@@H](C)C[C@H]21. The smallest absolute Gasteiger partial charge is 0.224 e. The fourth-order valence-corrected chi connectivity index (χ4v) is 4.49. The third-order valence-corrected chi connectivity index (χ3v) is 5.53. The molecule has 1 aliphatic carbocycles. The van der Waals surface area contributed by atoms with Gasteiger partial charge in [0.05, 0.1) is 0 Å². The van der Waals surface area contributed by atoms with Crippen LogP contribution in [0, 0.1) is 11.8 Å². The number of hydrogen-bond donors (Lipinski definition) is 0. The third-order valence-electron chi connectivity index (χ3n) is 5.53. The zero-order valence-electron chi connectivity index (χ0n) is 13.0. The Hall–Kier alpha value is -1.31. The number of carbonyl (C=O) groups excluding carboxylic acids is 1. The van der Waals surface area contributed by atoms with Crippen LogP contribution in [-0.2, 0) is 10.2 Å². The highest BCUT2D eigenvalue weighted by Gasteiger charge is 2.48. The Balaban J connectivity index is 2.16. The Kier molecular flexibility index (Phi) is 3.15. The van der Waals surface area contributed by atoms with Gasteiger partial charge in [-0.25, -0.2) is 0 Å². The number of carbonyl (C=O) groups is 1. The van der Waals surface area contributed by atoms with Crippen LogP contribution in [0.15, 0.2) is 24.3 Å². The van der Waals surface area contributed by atoms with Crippen molar-refractivity contribution in [3.63, 3.8) is 0 Å². The van der Waals surface area contributed by atoms with E-state index in [0.29, 0.717) is 12.0 Å². The summed E-state index contributed by atoms with van der Waals surface area (Å²) in [5.74, 6) is 1.49. The number of hydrogen-bond acceptors (Lipinski definition) is 1. The Morgan fingerprint density at radius 1 is 1.25 bits per heavy atom. The van der Waals surface area contributed by atoms with Crippen molar-refractivity contribution in [1.29, 1.82) is 0 Å². The van der Waals surface area contributed by atoms with E-state index in [-0.39, 0.29) is 11.3 Å². The highest BCUT2D eigenvalue weighted by molar-refractivity contribution is 5.94. The molecule has 2 aliphatic rings. The van der Waals surface area contributed by atoms with E-state index in [9.17, 15) is 4.79 Å². The molecule has 1 fully saturated rings. The second kappa shape index (κ2) is 4.61. The number of para-hydroxylation sites is 1. The minimum atomic E-state index is 0.160. The molecule has 2 nitrogen and oxygen atoms in total. The second-order valence-electron chi connectivity index (χ2n) is 7.22. The molecule has 1 aromatic rings. The van der Waals surface area contributed by atoms with Gasteiger partial charge in [0.15, 0.2) is 0 Å². The Morgan fingerprint density at radius 2 is 1.95 bits per heavy atom. The van der Waals surface area contributed by atoms with Gasteiger partial charge in [-0.05, 0) is 41.7 Å². The van der Waals surface area contributed by atoms with E-state index in [0.717, 1.165) is 18.0 Å². The molecule has 2 heteroatoms. The largest absolute Gasteiger partial charge is 0.309 e. The third kappa shape index (κ3) is 1.88. The molecular formula is C18H25NO. The fourth-order valence-electron chi connectivity index (χ4n) is 4.49. The van der Waals surface area contributed by atoms with E-state index < -0.39 is 0 Å². The van der Waals surface area contributed by atoms with Crippen LogP contribution in [0.3, 0.4) is 0 Å². The Morgan fingerprint density at radius 3 is 2.65 bits per heavy atom. The molecule has 0 spiro atoms. The molecule has 1 heterocycles. The Labute approximate surface area is 122 Å². The van der Waals surface area contributed by atoms with E-state index in [4.69, 9.17) is 0 Å². The standard InChI is InChI=1S/C18H25NO/c1-12-9-10-15-17(11-12)19(13(2)20)16-8-6-5-7-14(16)18(15,3)4/h5-8,12,15,17H,9-11H2,1-4H3/t12-,15+,17-/m1/s1. The zero-order chi connectivity index (χ0) is 14.5. The van der Waals surface area contributed by atoms with Crippen LogP contribution in [0.2, 0.25) is 0 Å². The minimum Gasteiger partial charge on any atom is -0.309 e. The molecule has 0 bridgehead atoms. The first-order valence-electron chi connectivity index (χ1n) is 7.82. The van der Waals surface area contributed by atoms with Crippen LogP contribution >= 0.6 is 0 Å².